The maximum absolute atomic E-state index is 14.0. The second kappa shape index (κ2) is 10.1. The molecule has 182 valence electrons. The molecule has 0 saturated heterocycles. The van der Waals surface area contributed by atoms with Crippen LogP contribution >= 0.6 is 0 Å². The molecule has 0 spiro atoms. The Labute approximate surface area is 203 Å². The number of halogens is 2. The number of aliphatic hydroxyl groups excluding tert-OH is 1. The Balaban J connectivity index is 1.28. The van der Waals surface area contributed by atoms with Gasteiger partial charge in [-0.1, -0.05) is 30.3 Å². The second-order valence-corrected chi connectivity index (χ2v) is 9.26. The van der Waals surface area contributed by atoms with Gasteiger partial charge >= 0.3 is 0 Å². The van der Waals surface area contributed by atoms with Crippen LogP contribution in [0.4, 0.5) is 8.78 Å². The minimum atomic E-state index is -1.07. The van der Waals surface area contributed by atoms with Crippen LogP contribution < -0.4 is 10.1 Å². The maximum Gasteiger partial charge on any atom is 0.256 e. The van der Waals surface area contributed by atoms with Crippen molar-refractivity contribution < 1.29 is 23.4 Å². The zero-order chi connectivity index (χ0) is 24.4. The number of carbonyl (C=O) groups excluding carboxylic acids is 1. The summed E-state index contributed by atoms with van der Waals surface area (Å²) >= 11 is 0. The molecular formula is C28H28F2N2O3. The van der Waals surface area contributed by atoms with E-state index in [4.69, 9.17) is 4.74 Å². The van der Waals surface area contributed by atoms with E-state index in [1.54, 1.807) is 18.2 Å². The van der Waals surface area contributed by atoms with Crippen LogP contribution in [0.1, 0.15) is 46.1 Å². The Morgan fingerprint density at radius 3 is 2.74 bits per heavy atom. The number of benzene rings is 3. The number of aliphatic hydroxyl groups is 1. The number of carbonyl (C=O) groups is 1. The van der Waals surface area contributed by atoms with E-state index in [2.05, 4.69) is 5.32 Å². The van der Waals surface area contributed by atoms with Crippen molar-refractivity contribution in [3.8, 4) is 11.5 Å². The summed E-state index contributed by atoms with van der Waals surface area (Å²) in [5, 5.41) is 14.5. The summed E-state index contributed by atoms with van der Waals surface area (Å²) in [7, 11) is 0. The highest BCUT2D eigenvalue weighted by Crippen LogP contribution is 2.32. The van der Waals surface area contributed by atoms with Gasteiger partial charge in [0.1, 0.15) is 11.6 Å². The molecule has 1 atom stereocenters. The van der Waals surface area contributed by atoms with Crippen molar-refractivity contribution in [2.75, 3.05) is 19.6 Å². The lowest BCUT2D eigenvalue weighted by Gasteiger charge is -2.33. The Kier molecular flexibility index (Phi) is 6.79. The zero-order valence-electron chi connectivity index (χ0n) is 19.3. The molecule has 0 bridgehead atoms. The van der Waals surface area contributed by atoms with Gasteiger partial charge in [0, 0.05) is 23.7 Å². The van der Waals surface area contributed by atoms with Crippen LogP contribution in [0, 0.1) is 17.6 Å². The summed E-state index contributed by atoms with van der Waals surface area (Å²) in [5.41, 5.74) is 3.01. The normalized spacial score (nSPS) is 16.2. The number of rotatable bonds is 9. The fourth-order valence-corrected chi connectivity index (χ4v) is 4.40. The number of hydrogen-bond acceptors (Lipinski definition) is 4. The zero-order valence-corrected chi connectivity index (χ0v) is 19.3. The van der Waals surface area contributed by atoms with Gasteiger partial charge in [-0.3, -0.25) is 4.79 Å². The third-order valence-corrected chi connectivity index (χ3v) is 6.58. The van der Waals surface area contributed by atoms with Gasteiger partial charge in [0.25, 0.3) is 5.91 Å². The third kappa shape index (κ3) is 5.52. The number of amides is 1. The fourth-order valence-electron chi connectivity index (χ4n) is 4.40. The molecule has 1 aliphatic heterocycles. The van der Waals surface area contributed by atoms with Gasteiger partial charge in [-0.2, -0.15) is 0 Å². The molecule has 2 N–H and O–H groups in total. The fraction of sp³-hybridized carbons (Fsp3) is 0.321. The van der Waals surface area contributed by atoms with E-state index in [0.29, 0.717) is 24.1 Å². The monoisotopic (exact) mass is 478 g/mol. The first-order valence-corrected chi connectivity index (χ1v) is 12.0. The van der Waals surface area contributed by atoms with E-state index in [0.717, 1.165) is 48.7 Å². The van der Waals surface area contributed by atoms with Crippen LogP contribution in [0.5, 0.6) is 11.5 Å². The Bertz CT molecular complexity index is 1230. The van der Waals surface area contributed by atoms with Crippen molar-refractivity contribution in [3.63, 3.8) is 0 Å². The van der Waals surface area contributed by atoms with Crippen LogP contribution in [0.3, 0.4) is 0 Å². The molecule has 5 nitrogen and oxygen atoms in total. The number of nitrogens with one attached hydrogen (secondary N) is 1. The van der Waals surface area contributed by atoms with Crippen molar-refractivity contribution in [3.05, 3.63) is 94.6 Å². The van der Waals surface area contributed by atoms with E-state index in [1.165, 1.54) is 23.8 Å². The largest absolute Gasteiger partial charge is 0.454 e. The van der Waals surface area contributed by atoms with Gasteiger partial charge < -0.3 is 20.1 Å². The van der Waals surface area contributed by atoms with Gasteiger partial charge in [0.05, 0.1) is 0 Å². The predicted molar refractivity (Wildman–Crippen MR) is 128 cm³/mol. The van der Waals surface area contributed by atoms with E-state index >= 15 is 0 Å². The van der Waals surface area contributed by atoms with Crippen molar-refractivity contribution in [2.45, 2.75) is 31.9 Å². The average molecular weight is 479 g/mol. The quantitative estimate of drug-likeness (QED) is 0.426. The topological polar surface area (TPSA) is 61.8 Å². The van der Waals surface area contributed by atoms with Gasteiger partial charge in [0.2, 0.25) is 0 Å². The average Bonchev–Trinajstić information content (AvgIpc) is 3.68. The van der Waals surface area contributed by atoms with Crippen molar-refractivity contribution in [2.24, 2.45) is 5.92 Å². The Morgan fingerprint density at radius 2 is 1.94 bits per heavy atom. The first-order valence-electron chi connectivity index (χ1n) is 12.0. The van der Waals surface area contributed by atoms with Gasteiger partial charge in [0.15, 0.2) is 17.8 Å². The summed E-state index contributed by atoms with van der Waals surface area (Å²) in [6, 6.07) is 15.7. The lowest BCUT2D eigenvalue weighted by molar-refractivity contribution is 0.00433. The summed E-state index contributed by atoms with van der Waals surface area (Å²) in [6.07, 6.45) is 2.99. The Hall–Kier alpha value is -3.29. The van der Waals surface area contributed by atoms with E-state index in [-0.39, 0.29) is 17.4 Å². The van der Waals surface area contributed by atoms with Gasteiger partial charge in [-0.15, -0.1) is 0 Å². The standard InChI is InChI=1S/C28H28F2N2O3/c29-22-7-9-26(25(30)15-22)35-23-8-6-20-11-13-32(28(34)24(20)16-23)27(33)21-3-1-2-18(14-21)10-12-31-17-19-4-5-19/h1-3,6-9,14-16,19,27,31,33H,4-5,10-13,17H2/t27-/m1/s1. The van der Waals surface area contributed by atoms with E-state index < -0.39 is 17.9 Å². The van der Waals surface area contributed by atoms with Gasteiger partial charge in [-0.25, -0.2) is 8.78 Å². The summed E-state index contributed by atoms with van der Waals surface area (Å²) < 4.78 is 32.7. The van der Waals surface area contributed by atoms with E-state index in [1.807, 2.05) is 24.3 Å². The SMILES string of the molecule is O=C1c2cc(Oc3ccc(F)cc3F)ccc2CCN1[C@H](O)c1cccc(CCNCC2CC2)c1. The first kappa shape index (κ1) is 23.5. The molecule has 1 aliphatic carbocycles. The van der Waals surface area contributed by atoms with Crippen LogP contribution in [0.2, 0.25) is 0 Å². The molecule has 1 saturated carbocycles. The highest BCUT2D eigenvalue weighted by molar-refractivity contribution is 5.97. The minimum Gasteiger partial charge on any atom is -0.454 e. The van der Waals surface area contributed by atoms with Crippen molar-refractivity contribution >= 4 is 5.91 Å². The Morgan fingerprint density at radius 1 is 1.09 bits per heavy atom. The lowest BCUT2D eigenvalue weighted by atomic mass is 9.97. The molecule has 1 amide bonds. The highest BCUT2D eigenvalue weighted by Gasteiger charge is 2.30. The lowest BCUT2D eigenvalue weighted by Crippen LogP contribution is -2.40. The molecular weight excluding hydrogens is 450 g/mol. The van der Waals surface area contributed by atoms with Crippen molar-refractivity contribution in [1.82, 2.24) is 10.2 Å². The van der Waals surface area contributed by atoms with E-state index in [9.17, 15) is 18.7 Å². The molecule has 0 aromatic heterocycles. The molecule has 35 heavy (non-hydrogen) atoms. The third-order valence-electron chi connectivity index (χ3n) is 6.58. The van der Waals surface area contributed by atoms with Crippen LogP contribution in [-0.2, 0) is 12.8 Å². The summed E-state index contributed by atoms with van der Waals surface area (Å²) in [5.74, 6) is -0.876. The van der Waals surface area contributed by atoms with Crippen LogP contribution in [0.15, 0.2) is 60.7 Å². The highest BCUT2D eigenvalue weighted by atomic mass is 19.1. The maximum atomic E-state index is 14.0. The van der Waals surface area contributed by atoms with Crippen molar-refractivity contribution in [1.29, 1.82) is 0 Å². The molecule has 0 radical (unpaired) electrons. The minimum absolute atomic E-state index is 0.130. The smallest absolute Gasteiger partial charge is 0.256 e. The summed E-state index contributed by atoms with van der Waals surface area (Å²) in [4.78, 5) is 14.7. The molecule has 2 aliphatic rings. The van der Waals surface area contributed by atoms with Gasteiger partial charge in [-0.05, 0) is 80.1 Å². The molecule has 0 unspecified atom stereocenters. The van der Waals surface area contributed by atoms with Crippen LogP contribution in [0.25, 0.3) is 0 Å². The number of fused-ring (bicyclic) bond motifs is 1. The molecule has 5 rings (SSSR count). The molecule has 1 fully saturated rings. The summed E-state index contributed by atoms with van der Waals surface area (Å²) in [6.45, 7) is 2.32. The molecule has 3 aromatic rings. The number of hydrogen-bond donors (Lipinski definition) is 2. The molecule has 3 aromatic carbocycles. The first-order chi connectivity index (χ1) is 17.0. The second-order valence-electron chi connectivity index (χ2n) is 9.26. The molecule has 7 heteroatoms. The predicted octanol–water partition coefficient (Wildman–Crippen LogP) is 4.99. The number of ether oxygens (including phenoxy) is 1. The molecule has 1 heterocycles. The van der Waals surface area contributed by atoms with Crippen LogP contribution in [-0.4, -0.2) is 35.5 Å². The number of nitrogens with zero attached hydrogens (tertiary/aromatic N) is 1.